The van der Waals surface area contributed by atoms with Gasteiger partial charge in [-0.3, -0.25) is 9.89 Å². The molecule has 0 aromatic heterocycles. The molecule has 0 amide bonds. The van der Waals surface area contributed by atoms with E-state index in [0.717, 1.165) is 45.2 Å². The molecule has 2 N–H and O–H groups in total. The van der Waals surface area contributed by atoms with Gasteiger partial charge in [0.2, 0.25) is 0 Å². The number of aryl methyl sites for hydroxylation is 1. The third-order valence-electron chi connectivity index (χ3n) is 4.96. The van der Waals surface area contributed by atoms with E-state index >= 15 is 0 Å². The van der Waals surface area contributed by atoms with Gasteiger partial charge < -0.3 is 15.5 Å². The third kappa shape index (κ3) is 7.40. The Morgan fingerprint density at radius 3 is 2.73 bits per heavy atom. The summed E-state index contributed by atoms with van der Waals surface area (Å²) in [5.74, 6) is 1.34. The van der Waals surface area contributed by atoms with Crippen molar-refractivity contribution in [3.63, 3.8) is 0 Å². The fourth-order valence-electron chi connectivity index (χ4n) is 3.19. The van der Waals surface area contributed by atoms with Crippen molar-refractivity contribution in [2.75, 3.05) is 53.4 Å². The Morgan fingerprint density at radius 1 is 1.27 bits per heavy atom. The maximum Gasteiger partial charge on any atom is 0.191 e. The summed E-state index contributed by atoms with van der Waals surface area (Å²) in [7, 11) is 4.41. The van der Waals surface area contributed by atoms with E-state index in [2.05, 4.69) is 79.6 Å². The lowest BCUT2D eigenvalue weighted by Gasteiger charge is -2.38. The summed E-state index contributed by atoms with van der Waals surface area (Å²) in [4.78, 5) is 9.65. The van der Waals surface area contributed by atoms with Crippen LogP contribution < -0.4 is 10.6 Å². The number of nitrogens with one attached hydrogen (secondary N) is 2. The number of halogens is 1. The second kappa shape index (κ2) is 11.8. The first-order valence-electron chi connectivity index (χ1n) is 9.47. The zero-order valence-electron chi connectivity index (χ0n) is 17.0. The van der Waals surface area contributed by atoms with Crippen LogP contribution in [0.2, 0.25) is 0 Å². The van der Waals surface area contributed by atoms with Crippen LogP contribution in [0.5, 0.6) is 0 Å². The van der Waals surface area contributed by atoms with E-state index in [-0.39, 0.29) is 24.0 Å². The van der Waals surface area contributed by atoms with Gasteiger partial charge in [0.15, 0.2) is 5.96 Å². The van der Waals surface area contributed by atoms with Gasteiger partial charge in [0.25, 0.3) is 0 Å². The van der Waals surface area contributed by atoms with Gasteiger partial charge in [-0.1, -0.05) is 36.8 Å². The molecule has 0 saturated carbocycles. The topological polar surface area (TPSA) is 42.9 Å². The van der Waals surface area contributed by atoms with Crippen LogP contribution in [0.1, 0.15) is 30.9 Å². The van der Waals surface area contributed by atoms with Crippen molar-refractivity contribution in [3.05, 3.63) is 35.4 Å². The predicted octanol–water partition coefficient (Wildman–Crippen LogP) is 2.52. The highest BCUT2D eigenvalue weighted by Gasteiger charge is 2.22. The molecule has 0 radical (unpaired) electrons. The summed E-state index contributed by atoms with van der Waals surface area (Å²) >= 11 is 0. The quantitative estimate of drug-likeness (QED) is 0.379. The largest absolute Gasteiger partial charge is 0.357 e. The van der Waals surface area contributed by atoms with E-state index in [0.29, 0.717) is 12.0 Å². The van der Waals surface area contributed by atoms with Crippen LogP contribution in [0.25, 0.3) is 0 Å². The molecule has 2 atom stereocenters. The molecule has 0 aliphatic carbocycles. The fraction of sp³-hybridized carbons (Fsp3) is 0.650. The van der Waals surface area contributed by atoms with Gasteiger partial charge in [0, 0.05) is 51.2 Å². The lowest BCUT2D eigenvalue weighted by molar-refractivity contribution is 0.116. The highest BCUT2D eigenvalue weighted by atomic mass is 127. The van der Waals surface area contributed by atoms with E-state index in [1.807, 2.05) is 0 Å². The highest BCUT2D eigenvalue weighted by Crippen LogP contribution is 2.16. The van der Waals surface area contributed by atoms with Crippen molar-refractivity contribution in [3.8, 4) is 0 Å². The number of aliphatic imine (C=N–C) groups is 1. The van der Waals surface area contributed by atoms with Crippen molar-refractivity contribution in [1.29, 1.82) is 0 Å². The normalized spacial score (nSPS) is 20.3. The Bertz CT molecular complexity index is 563. The lowest BCUT2D eigenvalue weighted by Crippen LogP contribution is -2.55. The van der Waals surface area contributed by atoms with Gasteiger partial charge in [0.1, 0.15) is 0 Å². The minimum Gasteiger partial charge on any atom is -0.357 e. The molecule has 2 rings (SSSR count). The molecule has 0 bridgehead atoms. The highest BCUT2D eigenvalue weighted by molar-refractivity contribution is 14.0. The smallest absolute Gasteiger partial charge is 0.191 e. The molecule has 1 saturated heterocycles. The number of hydrogen-bond acceptors (Lipinski definition) is 3. The number of guanidine groups is 1. The monoisotopic (exact) mass is 473 g/mol. The first-order valence-corrected chi connectivity index (χ1v) is 9.47. The molecule has 2 unspecified atom stereocenters. The summed E-state index contributed by atoms with van der Waals surface area (Å²) in [6, 6.07) is 9.25. The van der Waals surface area contributed by atoms with Crippen LogP contribution in [-0.2, 0) is 0 Å². The second-order valence-corrected chi connectivity index (χ2v) is 7.31. The Kier molecular flexibility index (Phi) is 10.5. The van der Waals surface area contributed by atoms with E-state index in [1.54, 1.807) is 0 Å². The summed E-state index contributed by atoms with van der Waals surface area (Å²) in [5, 5.41) is 6.90. The van der Waals surface area contributed by atoms with Crippen molar-refractivity contribution in [2.45, 2.75) is 32.7 Å². The Labute approximate surface area is 176 Å². The minimum atomic E-state index is 0. The molecule has 1 fully saturated rings. The van der Waals surface area contributed by atoms with Crippen LogP contribution in [-0.4, -0.2) is 75.2 Å². The van der Waals surface area contributed by atoms with Gasteiger partial charge in [-0.2, -0.15) is 0 Å². The predicted molar refractivity (Wildman–Crippen MR) is 123 cm³/mol. The standard InChI is InChI=1S/C20H35N5.HI/c1-6-21-20(23-14-19-15-24(4)10-11-25(19)5)22-13-17(3)18-9-7-8-16(2)12-18;/h7-9,12,17,19H,6,10-11,13-15H2,1-5H3,(H2,21,22,23);1H. The second-order valence-electron chi connectivity index (χ2n) is 7.31. The zero-order chi connectivity index (χ0) is 18.2. The van der Waals surface area contributed by atoms with Crippen molar-refractivity contribution in [1.82, 2.24) is 20.4 Å². The average Bonchev–Trinajstić information content (AvgIpc) is 2.59. The van der Waals surface area contributed by atoms with Crippen molar-refractivity contribution < 1.29 is 0 Å². The molecular weight excluding hydrogens is 437 g/mol. The molecule has 148 valence electrons. The summed E-state index contributed by atoms with van der Waals surface area (Å²) in [5.41, 5.74) is 2.66. The number of likely N-dealkylation sites (N-methyl/N-ethyl adjacent to an activating group) is 2. The molecule has 5 nitrogen and oxygen atoms in total. The van der Waals surface area contributed by atoms with Crippen LogP contribution in [0.3, 0.4) is 0 Å². The third-order valence-corrected chi connectivity index (χ3v) is 4.96. The van der Waals surface area contributed by atoms with Crippen molar-refractivity contribution in [2.24, 2.45) is 4.99 Å². The molecule has 1 aromatic carbocycles. The van der Waals surface area contributed by atoms with E-state index in [1.165, 1.54) is 11.1 Å². The maximum atomic E-state index is 4.81. The Balaban J connectivity index is 0.00000338. The number of benzene rings is 1. The first kappa shape index (κ1) is 23.2. The van der Waals surface area contributed by atoms with E-state index in [9.17, 15) is 0 Å². The van der Waals surface area contributed by atoms with Crippen LogP contribution in [0.4, 0.5) is 0 Å². The molecule has 6 heteroatoms. The first-order chi connectivity index (χ1) is 12.0. The van der Waals surface area contributed by atoms with Gasteiger partial charge >= 0.3 is 0 Å². The number of hydrogen-bond donors (Lipinski definition) is 2. The van der Waals surface area contributed by atoms with Gasteiger partial charge in [-0.05, 0) is 33.5 Å². The summed E-state index contributed by atoms with van der Waals surface area (Å²) in [6.07, 6.45) is 0. The Hall–Kier alpha value is -0.860. The molecule has 1 aromatic rings. The fourth-order valence-corrected chi connectivity index (χ4v) is 3.19. The minimum absolute atomic E-state index is 0. The molecule has 26 heavy (non-hydrogen) atoms. The summed E-state index contributed by atoms with van der Waals surface area (Å²) in [6.45, 7) is 12.5. The van der Waals surface area contributed by atoms with Gasteiger partial charge in [-0.15, -0.1) is 24.0 Å². The molecule has 1 aliphatic rings. The molecular formula is C20H36IN5. The number of piperazine rings is 1. The van der Waals surface area contributed by atoms with Gasteiger partial charge in [0.05, 0.1) is 0 Å². The summed E-state index contributed by atoms with van der Waals surface area (Å²) < 4.78 is 0. The lowest BCUT2D eigenvalue weighted by atomic mass is 10.00. The van der Waals surface area contributed by atoms with E-state index in [4.69, 9.17) is 4.99 Å². The van der Waals surface area contributed by atoms with Crippen LogP contribution >= 0.6 is 24.0 Å². The molecule has 1 aliphatic heterocycles. The maximum absolute atomic E-state index is 4.81. The molecule has 1 heterocycles. The number of nitrogens with zero attached hydrogens (tertiary/aromatic N) is 3. The van der Waals surface area contributed by atoms with Crippen LogP contribution in [0.15, 0.2) is 29.3 Å². The zero-order valence-corrected chi connectivity index (χ0v) is 19.3. The molecule has 0 spiro atoms. The Morgan fingerprint density at radius 2 is 2.04 bits per heavy atom. The number of rotatable bonds is 6. The van der Waals surface area contributed by atoms with Gasteiger partial charge in [-0.25, -0.2) is 0 Å². The van der Waals surface area contributed by atoms with E-state index < -0.39 is 0 Å². The average molecular weight is 473 g/mol. The van der Waals surface area contributed by atoms with Crippen molar-refractivity contribution >= 4 is 29.9 Å². The SMILES string of the molecule is CCNC(=NCC(C)c1cccc(C)c1)NCC1CN(C)CCN1C.I. The van der Waals surface area contributed by atoms with Crippen LogP contribution in [0, 0.1) is 6.92 Å².